The van der Waals surface area contributed by atoms with Gasteiger partial charge >= 0.3 is 5.69 Å². The van der Waals surface area contributed by atoms with E-state index in [4.69, 9.17) is 0 Å². The zero-order chi connectivity index (χ0) is 17.5. The summed E-state index contributed by atoms with van der Waals surface area (Å²) in [4.78, 5) is 26.2. The molecular weight excluding hydrogens is 324 g/mol. The highest BCUT2D eigenvalue weighted by atomic mass is 32.2. The monoisotopic (exact) mass is 348 g/mol. The third kappa shape index (κ3) is 4.50. The third-order valence-electron chi connectivity index (χ3n) is 3.90. The molecule has 6 nitrogen and oxygen atoms in total. The van der Waals surface area contributed by atoms with Crippen LogP contribution in [-0.4, -0.2) is 43.9 Å². The van der Waals surface area contributed by atoms with Crippen molar-refractivity contribution < 1.29 is 4.79 Å². The second kappa shape index (κ2) is 8.73. The Balaban J connectivity index is 2.06. The zero-order valence-electron chi connectivity index (χ0n) is 14.4. The molecule has 0 saturated heterocycles. The number of carbonyl (C=O) groups is 1. The van der Waals surface area contributed by atoms with E-state index in [1.807, 2.05) is 51.1 Å². The topological polar surface area (TPSA) is 71.0 Å². The number of H-pyrrole nitrogens is 1. The maximum Gasteiger partial charge on any atom is 0.343 e. The van der Waals surface area contributed by atoms with Gasteiger partial charge in [-0.3, -0.25) is 9.36 Å². The summed E-state index contributed by atoms with van der Waals surface area (Å²) in [5.41, 5.74) is 0.921. The number of aryl methyl sites for hydroxylation is 1. The fourth-order valence-corrected chi connectivity index (χ4v) is 3.44. The highest BCUT2D eigenvalue weighted by molar-refractivity contribution is 8.00. The first-order chi connectivity index (χ1) is 11.6. The molecule has 24 heavy (non-hydrogen) atoms. The predicted octanol–water partition coefficient (Wildman–Crippen LogP) is 2.16. The lowest BCUT2D eigenvalue weighted by atomic mass is 10.1. The van der Waals surface area contributed by atoms with Crippen molar-refractivity contribution in [3.8, 4) is 0 Å². The molecule has 1 heterocycles. The molecule has 2 aromatic rings. The first-order valence-corrected chi connectivity index (χ1v) is 9.09. The molecule has 1 atom stereocenters. The van der Waals surface area contributed by atoms with Gasteiger partial charge in [-0.05, 0) is 32.8 Å². The smallest absolute Gasteiger partial charge is 0.342 e. The SMILES string of the molecule is CCN(CC)C(=O)C(C)Sc1n[nH]c(=O)n1CCc1ccccc1. The molecule has 0 bridgehead atoms. The normalized spacial score (nSPS) is 12.1. The van der Waals surface area contributed by atoms with Gasteiger partial charge in [-0.25, -0.2) is 9.89 Å². The number of hydrogen-bond acceptors (Lipinski definition) is 4. The van der Waals surface area contributed by atoms with Crippen LogP contribution in [0.4, 0.5) is 0 Å². The van der Waals surface area contributed by atoms with E-state index < -0.39 is 0 Å². The number of rotatable bonds is 8. The van der Waals surface area contributed by atoms with Gasteiger partial charge in [0.1, 0.15) is 0 Å². The van der Waals surface area contributed by atoms with Crippen LogP contribution in [0.5, 0.6) is 0 Å². The summed E-state index contributed by atoms with van der Waals surface area (Å²) < 4.78 is 1.60. The number of aromatic amines is 1. The van der Waals surface area contributed by atoms with Gasteiger partial charge in [0.25, 0.3) is 0 Å². The van der Waals surface area contributed by atoms with Crippen molar-refractivity contribution in [2.24, 2.45) is 0 Å². The average Bonchev–Trinajstić information content (AvgIpc) is 2.94. The van der Waals surface area contributed by atoms with Gasteiger partial charge < -0.3 is 4.90 Å². The van der Waals surface area contributed by atoms with Gasteiger partial charge in [0.05, 0.1) is 5.25 Å². The molecule has 130 valence electrons. The first-order valence-electron chi connectivity index (χ1n) is 8.21. The summed E-state index contributed by atoms with van der Waals surface area (Å²) >= 11 is 1.32. The number of aromatic nitrogens is 3. The Bertz CT molecular complexity index is 707. The van der Waals surface area contributed by atoms with E-state index in [1.54, 1.807) is 9.47 Å². The van der Waals surface area contributed by atoms with Gasteiger partial charge in [0, 0.05) is 19.6 Å². The zero-order valence-corrected chi connectivity index (χ0v) is 15.2. The number of carbonyl (C=O) groups excluding carboxylic acids is 1. The Morgan fingerprint density at radius 3 is 2.58 bits per heavy atom. The molecule has 0 aliphatic rings. The van der Waals surface area contributed by atoms with Crippen molar-refractivity contribution in [2.45, 2.75) is 44.1 Å². The van der Waals surface area contributed by atoms with Crippen molar-refractivity contribution in [3.63, 3.8) is 0 Å². The predicted molar refractivity (Wildman–Crippen MR) is 96.2 cm³/mol. The summed E-state index contributed by atoms with van der Waals surface area (Å²) in [5.74, 6) is 0.0649. The Labute approximate surface area is 146 Å². The van der Waals surface area contributed by atoms with Crippen LogP contribution in [-0.2, 0) is 17.8 Å². The molecule has 0 radical (unpaired) electrons. The Kier molecular flexibility index (Phi) is 6.66. The minimum absolute atomic E-state index is 0.0649. The van der Waals surface area contributed by atoms with E-state index >= 15 is 0 Å². The highest BCUT2D eigenvalue weighted by Gasteiger charge is 2.22. The van der Waals surface area contributed by atoms with Crippen molar-refractivity contribution in [3.05, 3.63) is 46.4 Å². The highest BCUT2D eigenvalue weighted by Crippen LogP contribution is 2.21. The molecule has 2 rings (SSSR count). The molecule has 0 fully saturated rings. The Hall–Kier alpha value is -2.02. The largest absolute Gasteiger partial charge is 0.343 e. The molecule has 0 spiro atoms. The van der Waals surface area contributed by atoms with Crippen LogP contribution >= 0.6 is 11.8 Å². The summed E-state index contributed by atoms with van der Waals surface area (Å²) in [6, 6.07) is 9.99. The van der Waals surface area contributed by atoms with E-state index in [0.717, 1.165) is 12.0 Å². The fourth-order valence-electron chi connectivity index (χ4n) is 2.48. The third-order valence-corrected chi connectivity index (χ3v) is 4.97. The number of nitrogens with zero attached hydrogens (tertiary/aromatic N) is 3. The maximum absolute atomic E-state index is 12.4. The number of thioether (sulfide) groups is 1. The lowest BCUT2D eigenvalue weighted by Gasteiger charge is -2.22. The molecule has 1 aromatic heterocycles. The summed E-state index contributed by atoms with van der Waals surface area (Å²) in [5, 5.41) is 6.84. The number of hydrogen-bond donors (Lipinski definition) is 1. The number of benzene rings is 1. The van der Waals surface area contributed by atoms with Gasteiger partial charge in [-0.2, -0.15) is 0 Å². The standard InChI is InChI=1S/C17H24N4O2S/c1-4-20(5-2)15(22)13(3)24-17-19-18-16(23)21(17)12-11-14-9-7-6-8-10-14/h6-10,13H,4-5,11-12H2,1-3H3,(H,18,23). The first kappa shape index (κ1) is 18.3. The van der Waals surface area contributed by atoms with Gasteiger partial charge in [0.2, 0.25) is 5.91 Å². The van der Waals surface area contributed by atoms with E-state index in [-0.39, 0.29) is 16.8 Å². The lowest BCUT2D eigenvalue weighted by Crippen LogP contribution is -2.36. The second-order valence-electron chi connectivity index (χ2n) is 5.47. The average molecular weight is 348 g/mol. The van der Waals surface area contributed by atoms with Crippen molar-refractivity contribution in [1.29, 1.82) is 0 Å². The van der Waals surface area contributed by atoms with Crippen molar-refractivity contribution in [2.75, 3.05) is 13.1 Å². The van der Waals surface area contributed by atoms with Crippen molar-refractivity contribution >= 4 is 17.7 Å². The summed E-state index contributed by atoms with van der Waals surface area (Å²) in [6.07, 6.45) is 0.742. The number of nitrogens with one attached hydrogen (secondary N) is 1. The molecule has 1 aromatic carbocycles. The van der Waals surface area contributed by atoms with Crippen LogP contribution in [0.15, 0.2) is 40.3 Å². The van der Waals surface area contributed by atoms with E-state index in [1.165, 1.54) is 11.8 Å². The van der Waals surface area contributed by atoms with E-state index in [9.17, 15) is 9.59 Å². The molecule has 0 aliphatic carbocycles. The Morgan fingerprint density at radius 1 is 1.29 bits per heavy atom. The molecule has 1 amide bonds. The van der Waals surface area contributed by atoms with Crippen LogP contribution < -0.4 is 5.69 Å². The van der Waals surface area contributed by atoms with Gasteiger partial charge in [-0.15, -0.1) is 5.10 Å². The molecule has 0 aliphatic heterocycles. The minimum atomic E-state index is -0.282. The Morgan fingerprint density at radius 2 is 1.96 bits per heavy atom. The summed E-state index contributed by atoms with van der Waals surface area (Å²) in [7, 11) is 0. The molecular formula is C17H24N4O2S. The summed E-state index contributed by atoms with van der Waals surface area (Å²) in [6.45, 7) is 7.68. The quantitative estimate of drug-likeness (QED) is 0.742. The van der Waals surface area contributed by atoms with Crippen molar-refractivity contribution in [1.82, 2.24) is 19.7 Å². The van der Waals surface area contributed by atoms with E-state index in [0.29, 0.717) is 24.8 Å². The van der Waals surface area contributed by atoms with Crippen LogP contribution in [0.3, 0.4) is 0 Å². The maximum atomic E-state index is 12.4. The lowest BCUT2D eigenvalue weighted by molar-refractivity contribution is -0.129. The van der Waals surface area contributed by atoms with E-state index in [2.05, 4.69) is 10.2 Å². The van der Waals surface area contributed by atoms with Crippen LogP contribution in [0.2, 0.25) is 0 Å². The molecule has 0 saturated carbocycles. The molecule has 1 N–H and O–H groups in total. The minimum Gasteiger partial charge on any atom is -0.342 e. The van der Waals surface area contributed by atoms with Crippen LogP contribution in [0.25, 0.3) is 0 Å². The fraction of sp³-hybridized carbons (Fsp3) is 0.471. The van der Waals surface area contributed by atoms with Gasteiger partial charge in [0.15, 0.2) is 5.16 Å². The second-order valence-corrected chi connectivity index (χ2v) is 6.78. The number of amides is 1. The molecule has 1 unspecified atom stereocenters. The molecule has 7 heteroatoms. The van der Waals surface area contributed by atoms with Gasteiger partial charge in [-0.1, -0.05) is 42.1 Å². The van der Waals surface area contributed by atoms with Crippen LogP contribution in [0.1, 0.15) is 26.3 Å². The van der Waals surface area contributed by atoms with Crippen LogP contribution in [0, 0.1) is 0 Å².